The third-order valence-electron chi connectivity index (χ3n) is 6.92. The van der Waals surface area contributed by atoms with Crippen molar-refractivity contribution in [2.45, 2.75) is 31.3 Å². The van der Waals surface area contributed by atoms with Gasteiger partial charge in [0, 0.05) is 24.5 Å². The number of phenolic OH excluding ortho intramolecular Hbond substituents is 1. The van der Waals surface area contributed by atoms with Crippen molar-refractivity contribution in [3.05, 3.63) is 106 Å². The number of anilines is 1. The quantitative estimate of drug-likeness (QED) is 0.590. The fourth-order valence-electron chi connectivity index (χ4n) is 5.13. The Hall–Kier alpha value is -4.19. The van der Waals surface area contributed by atoms with Gasteiger partial charge in [0.05, 0.1) is 12.9 Å². The summed E-state index contributed by atoms with van der Waals surface area (Å²) in [7, 11) is 1.69. The number of carbonyl (C=O) groups excluding carboxylic acids is 1. The number of hydrogen-bond donors (Lipinski definition) is 2. The van der Waals surface area contributed by atoms with Crippen LogP contribution in [0.4, 0.5) is 5.69 Å². The molecule has 174 valence electrons. The largest absolute Gasteiger partial charge is 0.508 e. The molecule has 0 bridgehead atoms. The van der Waals surface area contributed by atoms with Crippen LogP contribution in [0.15, 0.2) is 83.6 Å². The summed E-state index contributed by atoms with van der Waals surface area (Å²) in [6, 6.07) is 20.8. The molecule has 0 saturated carbocycles. The lowest BCUT2D eigenvalue weighted by Gasteiger charge is -2.22. The second-order valence-corrected chi connectivity index (χ2v) is 9.15. The Labute approximate surface area is 203 Å². The molecule has 3 aliphatic rings. The van der Waals surface area contributed by atoms with E-state index < -0.39 is 6.04 Å². The van der Waals surface area contributed by atoms with Crippen LogP contribution in [0.2, 0.25) is 0 Å². The maximum absolute atomic E-state index is 13.7. The monoisotopic (exact) mass is 464 g/mol. The number of carbonyl (C=O) groups is 1. The molecule has 1 amide bonds. The number of rotatable bonds is 5. The van der Waals surface area contributed by atoms with E-state index in [1.54, 1.807) is 19.2 Å². The number of aromatic hydroxyl groups is 1. The molecular formula is C29H26N3O3+. The summed E-state index contributed by atoms with van der Waals surface area (Å²) in [6.07, 6.45) is 5.97. The van der Waals surface area contributed by atoms with Crippen LogP contribution < -0.4 is 20.5 Å². The van der Waals surface area contributed by atoms with Gasteiger partial charge in [-0.3, -0.25) is 9.98 Å². The van der Waals surface area contributed by atoms with Gasteiger partial charge in [-0.25, -0.2) is 4.79 Å². The van der Waals surface area contributed by atoms with E-state index in [0.29, 0.717) is 19.3 Å². The lowest BCUT2D eigenvalue weighted by molar-refractivity contribution is -0.481. The van der Waals surface area contributed by atoms with Gasteiger partial charge in [0.1, 0.15) is 11.1 Å². The average molecular weight is 465 g/mol. The Morgan fingerprint density at radius 1 is 1.00 bits per heavy atom. The third-order valence-corrected chi connectivity index (χ3v) is 6.92. The Kier molecular flexibility index (Phi) is 5.21. The molecule has 35 heavy (non-hydrogen) atoms. The van der Waals surface area contributed by atoms with Crippen molar-refractivity contribution in [1.82, 2.24) is 0 Å². The summed E-state index contributed by atoms with van der Waals surface area (Å²) in [5.74, 6) is 1.98. The first kappa shape index (κ1) is 21.4. The highest BCUT2D eigenvalue weighted by atomic mass is 16.5. The zero-order chi connectivity index (χ0) is 23.9. The van der Waals surface area contributed by atoms with Gasteiger partial charge >= 0.3 is 5.91 Å². The van der Waals surface area contributed by atoms with E-state index in [1.807, 2.05) is 53.5 Å². The molecule has 0 radical (unpaired) electrons. The van der Waals surface area contributed by atoms with Crippen molar-refractivity contribution >= 4 is 23.5 Å². The minimum Gasteiger partial charge on any atom is -0.508 e. The molecular weight excluding hydrogens is 438 g/mol. The Morgan fingerprint density at radius 2 is 1.77 bits per heavy atom. The van der Waals surface area contributed by atoms with Gasteiger partial charge in [-0.15, -0.1) is 0 Å². The molecule has 0 fully saturated rings. The Bertz CT molecular complexity index is 1490. The van der Waals surface area contributed by atoms with E-state index in [1.165, 1.54) is 5.56 Å². The van der Waals surface area contributed by atoms with Gasteiger partial charge in [0.25, 0.3) is 5.84 Å². The number of ether oxygens (including phenoxy) is 1. The molecule has 3 aromatic carbocycles. The van der Waals surface area contributed by atoms with Gasteiger partial charge in [0.15, 0.2) is 17.8 Å². The first-order chi connectivity index (χ1) is 17.1. The fourth-order valence-corrected chi connectivity index (χ4v) is 5.13. The molecule has 0 aromatic heterocycles. The summed E-state index contributed by atoms with van der Waals surface area (Å²) >= 11 is 0. The smallest absolute Gasteiger partial charge is 0.359 e. The van der Waals surface area contributed by atoms with Gasteiger partial charge in [0.2, 0.25) is 0 Å². The summed E-state index contributed by atoms with van der Waals surface area (Å²) in [5, 5.41) is 11.5. The maximum Gasteiger partial charge on any atom is 0.359 e. The molecule has 1 aliphatic carbocycles. The van der Waals surface area contributed by atoms with E-state index in [9.17, 15) is 9.90 Å². The van der Waals surface area contributed by atoms with Crippen LogP contribution >= 0.6 is 0 Å². The number of allylic oxidation sites excluding steroid dienone is 2. The van der Waals surface area contributed by atoms with E-state index in [-0.39, 0.29) is 17.7 Å². The first-order valence-electron chi connectivity index (χ1n) is 11.8. The molecule has 2 N–H and O–H groups in total. The van der Waals surface area contributed by atoms with Crippen molar-refractivity contribution in [2.75, 3.05) is 12.0 Å². The van der Waals surface area contributed by atoms with E-state index in [4.69, 9.17) is 9.73 Å². The molecule has 2 unspecified atom stereocenters. The number of hydrogen-bond acceptors (Lipinski definition) is 4. The number of fused-ring (bicyclic) bond motifs is 5. The van der Waals surface area contributed by atoms with Gasteiger partial charge in [-0.05, 0) is 47.0 Å². The number of methoxy groups -OCH3 is 1. The van der Waals surface area contributed by atoms with Crippen LogP contribution in [0.25, 0.3) is 6.08 Å². The van der Waals surface area contributed by atoms with Gasteiger partial charge in [-0.1, -0.05) is 48.5 Å². The highest BCUT2D eigenvalue weighted by molar-refractivity contribution is 6.21. The predicted molar refractivity (Wildman–Crippen MR) is 133 cm³/mol. The molecule has 2 aliphatic heterocycles. The SMILES string of the molecule is COC1=CC=c2c(ccc3c2=NC(Cc2ccccc2)C2=[NH+]C(Cc4ccc(O)cc4)C(=O)N23)C1. The number of nitrogens with zero attached hydrogens (tertiary/aromatic N) is 2. The zero-order valence-electron chi connectivity index (χ0n) is 19.4. The Balaban J connectivity index is 1.46. The summed E-state index contributed by atoms with van der Waals surface area (Å²) in [5.41, 5.74) is 4.12. The summed E-state index contributed by atoms with van der Waals surface area (Å²) in [4.78, 5) is 24.3. The maximum atomic E-state index is 13.7. The number of amidine groups is 1. The molecule has 2 heterocycles. The van der Waals surface area contributed by atoms with Crippen molar-refractivity contribution in [3.8, 4) is 5.75 Å². The lowest BCUT2D eigenvalue weighted by atomic mass is 9.98. The Morgan fingerprint density at radius 3 is 2.54 bits per heavy atom. The summed E-state index contributed by atoms with van der Waals surface area (Å²) < 4.78 is 5.46. The highest BCUT2D eigenvalue weighted by Gasteiger charge is 2.49. The average Bonchev–Trinajstić information content (AvgIpc) is 3.22. The second kappa shape index (κ2) is 8.55. The standard InChI is InChI=1S/C29H25N3O3/c1-35-22-12-13-23-20(17-22)9-14-26-27(23)30-24(15-18-5-3-2-4-6-18)28-31-25(29(34)32(26)28)16-19-7-10-21(33)11-8-19/h2-14,24-25,33H,15-17H2,1H3/p+1. The van der Waals surface area contributed by atoms with Crippen LogP contribution in [-0.4, -0.2) is 36.0 Å². The van der Waals surface area contributed by atoms with Crippen LogP contribution in [-0.2, 0) is 28.8 Å². The minimum absolute atomic E-state index is 0.0196. The van der Waals surface area contributed by atoms with E-state index in [2.05, 4.69) is 23.2 Å². The summed E-state index contributed by atoms with van der Waals surface area (Å²) in [6.45, 7) is 0. The second-order valence-electron chi connectivity index (χ2n) is 9.15. The fraction of sp³-hybridized carbons (Fsp3) is 0.207. The number of nitrogens with one attached hydrogen (secondary N) is 1. The molecule has 0 spiro atoms. The van der Waals surface area contributed by atoms with Crippen LogP contribution in [0.5, 0.6) is 5.75 Å². The topological polar surface area (TPSA) is 76.1 Å². The number of phenols is 1. The number of benzene rings is 3. The van der Waals surface area contributed by atoms with Crippen LogP contribution in [0.3, 0.4) is 0 Å². The van der Waals surface area contributed by atoms with Crippen LogP contribution in [0.1, 0.15) is 16.7 Å². The van der Waals surface area contributed by atoms with Gasteiger partial charge < -0.3 is 9.84 Å². The van der Waals surface area contributed by atoms with Crippen molar-refractivity contribution in [1.29, 1.82) is 0 Å². The predicted octanol–water partition coefficient (Wildman–Crippen LogP) is 0.941. The number of amides is 1. The zero-order valence-corrected chi connectivity index (χ0v) is 19.4. The lowest BCUT2D eigenvalue weighted by Crippen LogP contribution is -2.80. The van der Waals surface area contributed by atoms with E-state index in [0.717, 1.165) is 39.0 Å². The molecule has 6 nitrogen and oxygen atoms in total. The van der Waals surface area contributed by atoms with Gasteiger partial charge in [-0.2, -0.15) is 4.90 Å². The normalized spacial score (nSPS) is 20.0. The molecule has 2 atom stereocenters. The highest BCUT2D eigenvalue weighted by Crippen LogP contribution is 2.22. The third kappa shape index (κ3) is 3.81. The molecule has 6 rings (SSSR count). The van der Waals surface area contributed by atoms with Crippen molar-refractivity contribution in [2.24, 2.45) is 4.99 Å². The minimum atomic E-state index is -0.394. The van der Waals surface area contributed by atoms with E-state index >= 15 is 0 Å². The molecule has 6 heteroatoms. The van der Waals surface area contributed by atoms with Crippen molar-refractivity contribution in [3.63, 3.8) is 0 Å². The molecule has 0 saturated heterocycles. The van der Waals surface area contributed by atoms with Crippen molar-refractivity contribution < 1.29 is 19.6 Å². The van der Waals surface area contributed by atoms with Crippen LogP contribution in [0, 0.1) is 0 Å². The molecule has 3 aromatic rings. The first-order valence-corrected chi connectivity index (χ1v) is 11.8.